The summed E-state index contributed by atoms with van der Waals surface area (Å²) >= 11 is 14.8. The first-order chi connectivity index (χ1) is 15.5. The van der Waals surface area contributed by atoms with E-state index in [0.29, 0.717) is 38.4 Å². The van der Waals surface area contributed by atoms with Crippen molar-refractivity contribution in [3.8, 4) is 22.6 Å². The summed E-state index contributed by atoms with van der Waals surface area (Å²) < 4.78 is 1.91. The van der Waals surface area contributed by atoms with Crippen molar-refractivity contribution < 1.29 is 4.79 Å². The van der Waals surface area contributed by atoms with Crippen LogP contribution in [0.3, 0.4) is 0 Å². The van der Waals surface area contributed by atoms with E-state index in [1.54, 1.807) is 36.7 Å². The predicted molar refractivity (Wildman–Crippen MR) is 130 cm³/mol. The van der Waals surface area contributed by atoms with Crippen molar-refractivity contribution >= 4 is 57.3 Å². The quantitative estimate of drug-likeness (QED) is 0.246. The minimum atomic E-state index is -0.197. The minimum absolute atomic E-state index is 0.155. The standard InChI is InChI=1S/C21H16Cl2N6OS2/c1-2-9-29-19(13-5-7-24-8-6-13)27-28-21(29)32-12-18(30)26-20-25-17(11-31-20)15-4-3-14(22)10-16(15)23/h2-8,10-11H,1,9,12H2,(H,25,26,30). The molecule has 0 saturated carbocycles. The maximum absolute atomic E-state index is 12.5. The highest BCUT2D eigenvalue weighted by molar-refractivity contribution is 7.99. The van der Waals surface area contributed by atoms with Crippen molar-refractivity contribution in [1.29, 1.82) is 0 Å². The average Bonchev–Trinajstić information content (AvgIpc) is 3.40. The van der Waals surface area contributed by atoms with Crippen molar-refractivity contribution in [2.45, 2.75) is 11.7 Å². The first-order valence-electron chi connectivity index (χ1n) is 9.33. The number of hydrogen-bond donors (Lipinski definition) is 1. The molecule has 0 unspecified atom stereocenters. The van der Waals surface area contributed by atoms with Crippen LogP contribution in [-0.2, 0) is 11.3 Å². The molecule has 0 aliphatic heterocycles. The van der Waals surface area contributed by atoms with Gasteiger partial charge in [0, 0.05) is 40.5 Å². The minimum Gasteiger partial charge on any atom is -0.301 e. The van der Waals surface area contributed by atoms with Gasteiger partial charge in [-0.2, -0.15) is 0 Å². The molecule has 32 heavy (non-hydrogen) atoms. The van der Waals surface area contributed by atoms with E-state index in [1.165, 1.54) is 23.1 Å². The normalized spacial score (nSPS) is 10.8. The third-order valence-electron chi connectivity index (χ3n) is 4.26. The Morgan fingerprint density at radius 1 is 1.22 bits per heavy atom. The van der Waals surface area contributed by atoms with Gasteiger partial charge in [-0.15, -0.1) is 28.1 Å². The molecule has 1 aromatic carbocycles. The molecular formula is C21H16Cl2N6OS2. The van der Waals surface area contributed by atoms with Crippen LogP contribution in [0.15, 0.2) is 65.9 Å². The largest absolute Gasteiger partial charge is 0.301 e. The molecule has 0 fully saturated rings. The molecule has 4 rings (SSSR count). The molecular weight excluding hydrogens is 487 g/mol. The summed E-state index contributed by atoms with van der Waals surface area (Å²) in [5.74, 6) is 0.652. The lowest BCUT2D eigenvalue weighted by molar-refractivity contribution is -0.113. The number of thioether (sulfide) groups is 1. The summed E-state index contributed by atoms with van der Waals surface area (Å²) in [5, 5.41) is 15.3. The summed E-state index contributed by atoms with van der Waals surface area (Å²) in [4.78, 5) is 21.0. The number of benzene rings is 1. The fraction of sp³-hybridized carbons (Fsp3) is 0.0952. The fourth-order valence-corrected chi connectivity index (χ4v) is 4.82. The molecule has 1 amide bonds. The Kier molecular flexibility index (Phi) is 7.21. The van der Waals surface area contributed by atoms with Crippen LogP contribution < -0.4 is 5.32 Å². The predicted octanol–water partition coefficient (Wildman–Crippen LogP) is 5.69. The van der Waals surface area contributed by atoms with E-state index >= 15 is 0 Å². The smallest absolute Gasteiger partial charge is 0.236 e. The number of nitrogens with one attached hydrogen (secondary N) is 1. The monoisotopic (exact) mass is 502 g/mol. The number of carbonyl (C=O) groups excluding carboxylic acids is 1. The van der Waals surface area contributed by atoms with Gasteiger partial charge >= 0.3 is 0 Å². The zero-order valence-corrected chi connectivity index (χ0v) is 19.7. The van der Waals surface area contributed by atoms with E-state index in [0.717, 1.165) is 11.1 Å². The van der Waals surface area contributed by atoms with Crippen LogP contribution >= 0.6 is 46.3 Å². The van der Waals surface area contributed by atoms with Gasteiger partial charge in [-0.25, -0.2) is 4.98 Å². The van der Waals surface area contributed by atoms with E-state index in [2.05, 4.69) is 32.1 Å². The molecule has 4 aromatic rings. The van der Waals surface area contributed by atoms with E-state index in [1.807, 2.05) is 22.1 Å². The van der Waals surface area contributed by atoms with Gasteiger partial charge in [-0.05, 0) is 30.3 Å². The lowest BCUT2D eigenvalue weighted by Gasteiger charge is -2.07. The number of aromatic nitrogens is 5. The number of carbonyl (C=O) groups is 1. The zero-order chi connectivity index (χ0) is 22.5. The van der Waals surface area contributed by atoms with Gasteiger partial charge in [0.15, 0.2) is 16.1 Å². The van der Waals surface area contributed by atoms with Gasteiger partial charge in [-0.1, -0.05) is 41.0 Å². The van der Waals surface area contributed by atoms with Crippen molar-refractivity contribution in [3.05, 3.63) is 70.8 Å². The average molecular weight is 503 g/mol. The molecule has 0 aliphatic rings. The number of pyridine rings is 1. The number of thiazole rings is 1. The molecule has 7 nitrogen and oxygen atoms in total. The van der Waals surface area contributed by atoms with Crippen LogP contribution in [0.2, 0.25) is 10.0 Å². The molecule has 0 radical (unpaired) electrons. The molecule has 162 valence electrons. The number of allylic oxidation sites excluding steroid dienone is 1. The van der Waals surface area contributed by atoms with Gasteiger partial charge < -0.3 is 5.32 Å². The van der Waals surface area contributed by atoms with Crippen LogP contribution in [0.4, 0.5) is 5.13 Å². The van der Waals surface area contributed by atoms with E-state index < -0.39 is 0 Å². The van der Waals surface area contributed by atoms with Crippen LogP contribution in [0.25, 0.3) is 22.6 Å². The summed E-state index contributed by atoms with van der Waals surface area (Å²) in [5.41, 5.74) is 2.32. The highest BCUT2D eigenvalue weighted by Gasteiger charge is 2.16. The van der Waals surface area contributed by atoms with Crippen molar-refractivity contribution in [1.82, 2.24) is 24.7 Å². The van der Waals surface area contributed by atoms with Gasteiger partial charge in [-0.3, -0.25) is 14.3 Å². The topological polar surface area (TPSA) is 85.6 Å². The van der Waals surface area contributed by atoms with E-state index in [9.17, 15) is 4.79 Å². The van der Waals surface area contributed by atoms with Crippen LogP contribution in [0.1, 0.15) is 0 Å². The summed E-state index contributed by atoms with van der Waals surface area (Å²) in [6, 6.07) is 8.92. The summed E-state index contributed by atoms with van der Waals surface area (Å²) in [6.07, 6.45) is 5.15. The van der Waals surface area contributed by atoms with Crippen molar-refractivity contribution in [3.63, 3.8) is 0 Å². The summed E-state index contributed by atoms with van der Waals surface area (Å²) in [6.45, 7) is 4.32. The first kappa shape index (κ1) is 22.5. The third kappa shape index (κ3) is 5.18. The second-order valence-electron chi connectivity index (χ2n) is 6.44. The molecule has 0 bridgehead atoms. The van der Waals surface area contributed by atoms with Gasteiger partial charge in [0.25, 0.3) is 0 Å². The Balaban J connectivity index is 1.42. The second kappa shape index (κ2) is 10.3. The third-order valence-corrected chi connectivity index (χ3v) is 6.53. The lowest BCUT2D eigenvalue weighted by Crippen LogP contribution is -2.14. The molecule has 11 heteroatoms. The highest BCUT2D eigenvalue weighted by Crippen LogP contribution is 2.32. The highest BCUT2D eigenvalue weighted by atomic mass is 35.5. The summed E-state index contributed by atoms with van der Waals surface area (Å²) in [7, 11) is 0. The number of amides is 1. The van der Waals surface area contributed by atoms with Gasteiger partial charge in [0.1, 0.15) is 0 Å². The number of anilines is 1. The Morgan fingerprint density at radius 3 is 2.78 bits per heavy atom. The zero-order valence-electron chi connectivity index (χ0n) is 16.5. The van der Waals surface area contributed by atoms with Crippen molar-refractivity contribution in [2.24, 2.45) is 0 Å². The van der Waals surface area contributed by atoms with Crippen molar-refractivity contribution in [2.75, 3.05) is 11.1 Å². The number of halogens is 2. The Morgan fingerprint density at radius 2 is 2.03 bits per heavy atom. The maximum Gasteiger partial charge on any atom is 0.236 e. The fourth-order valence-electron chi connectivity index (χ4n) is 2.84. The number of rotatable bonds is 8. The van der Waals surface area contributed by atoms with Gasteiger partial charge in [0.05, 0.1) is 16.5 Å². The Bertz CT molecular complexity index is 1260. The molecule has 0 aliphatic carbocycles. The van der Waals surface area contributed by atoms with Crippen LogP contribution in [0, 0.1) is 0 Å². The first-order valence-corrected chi connectivity index (χ1v) is 12.0. The van der Waals surface area contributed by atoms with Gasteiger partial charge in [0.2, 0.25) is 5.91 Å². The molecule has 0 saturated heterocycles. The van der Waals surface area contributed by atoms with E-state index in [-0.39, 0.29) is 11.7 Å². The second-order valence-corrected chi connectivity index (χ2v) is 9.08. The SMILES string of the molecule is C=CCn1c(SCC(=O)Nc2nc(-c3ccc(Cl)cc3Cl)cs2)nnc1-c1ccncc1. The number of nitrogens with zero attached hydrogens (tertiary/aromatic N) is 5. The van der Waals surface area contributed by atoms with Crippen LogP contribution in [-0.4, -0.2) is 36.4 Å². The maximum atomic E-state index is 12.5. The molecule has 0 atom stereocenters. The Hall–Kier alpha value is -2.72. The molecule has 3 aromatic heterocycles. The number of hydrogen-bond acceptors (Lipinski definition) is 7. The lowest BCUT2D eigenvalue weighted by atomic mass is 10.2. The molecule has 1 N–H and O–H groups in total. The Labute approximate surface area is 202 Å². The van der Waals surface area contributed by atoms with Crippen LogP contribution in [0.5, 0.6) is 0 Å². The molecule has 0 spiro atoms. The molecule has 3 heterocycles. The van der Waals surface area contributed by atoms with E-state index in [4.69, 9.17) is 23.2 Å².